The Kier molecular flexibility index (Phi) is 3.18. The van der Waals surface area contributed by atoms with Crippen LogP contribution in [0.5, 0.6) is 0 Å². The number of nitrogens with one attached hydrogen (secondary N) is 1. The van der Waals surface area contributed by atoms with Gasteiger partial charge in [-0.3, -0.25) is 4.68 Å². The van der Waals surface area contributed by atoms with Crippen LogP contribution >= 0.6 is 0 Å². The number of rotatable bonds is 5. The average molecular weight is 247 g/mol. The van der Waals surface area contributed by atoms with Crippen LogP contribution in [0.4, 0.5) is 0 Å². The molecule has 1 N–H and O–H groups in total. The SMILES string of the molecule is CC(C)Cn1nccc1CNC12CCCCC1C2. The molecule has 1 heterocycles. The molecule has 2 aliphatic carbocycles. The van der Waals surface area contributed by atoms with Crippen LogP contribution in [0.25, 0.3) is 0 Å². The molecular weight excluding hydrogens is 222 g/mol. The number of aromatic nitrogens is 2. The lowest BCUT2D eigenvalue weighted by molar-refractivity contribution is 0.348. The van der Waals surface area contributed by atoms with Gasteiger partial charge in [-0.1, -0.05) is 26.7 Å². The van der Waals surface area contributed by atoms with Gasteiger partial charge in [0, 0.05) is 24.8 Å². The number of hydrogen-bond donors (Lipinski definition) is 1. The van der Waals surface area contributed by atoms with Gasteiger partial charge in [0.05, 0.1) is 5.69 Å². The molecule has 2 aliphatic rings. The first-order valence-corrected chi connectivity index (χ1v) is 7.45. The molecule has 2 unspecified atom stereocenters. The Morgan fingerprint density at radius 1 is 1.50 bits per heavy atom. The summed E-state index contributed by atoms with van der Waals surface area (Å²) in [5.41, 5.74) is 1.85. The summed E-state index contributed by atoms with van der Waals surface area (Å²) in [6.45, 7) is 6.51. The molecule has 2 saturated carbocycles. The van der Waals surface area contributed by atoms with Crippen molar-refractivity contribution < 1.29 is 0 Å². The van der Waals surface area contributed by atoms with Crippen molar-refractivity contribution in [3.8, 4) is 0 Å². The molecule has 0 aromatic carbocycles. The zero-order chi connectivity index (χ0) is 12.6. The van der Waals surface area contributed by atoms with Crippen LogP contribution in [0, 0.1) is 11.8 Å². The Morgan fingerprint density at radius 3 is 3.17 bits per heavy atom. The van der Waals surface area contributed by atoms with E-state index in [0.29, 0.717) is 11.5 Å². The van der Waals surface area contributed by atoms with Gasteiger partial charge in [-0.25, -0.2) is 0 Å². The summed E-state index contributed by atoms with van der Waals surface area (Å²) in [4.78, 5) is 0. The molecule has 100 valence electrons. The van der Waals surface area contributed by atoms with E-state index >= 15 is 0 Å². The Bertz CT molecular complexity index is 410. The topological polar surface area (TPSA) is 29.9 Å². The zero-order valence-electron chi connectivity index (χ0n) is 11.7. The van der Waals surface area contributed by atoms with E-state index in [2.05, 4.69) is 35.0 Å². The van der Waals surface area contributed by atoms with Crippen LogP contribution < -0.4 is 5.32 Å². The first kappa shape index (κ1) is 12.2. The molecule has 0 bridgehead atoms. The van der Waals surface area contributed by atoms with Gasteiger partial charge in [-0.2, -0.15) is 5.10 Å². The molecule has 2 fully saturated rings. The summed E-state index contributed by atoms with van der Waals surface area (Å²) in [7, 11) is 0. The van der Waals surface area contributed by atoms with Crippen molar-refractivity contribution in [3.05, 3.63) is 18.0 Å². The van der Waals surface area contributed by atoms with Gasteiger partial charge in [0.1, 0.15) is 0 Å². The molecule has 0 aliphatic heterocycles. The molecule has 0 amide bonds. The minimum Gasteiger partial charge on any atom is -0.305 e. The summed E-state index contributed by atoms with van der Waals surface area (Å²) < 4.78 is 2.16. The third kappa shape index (κ3) is 2.33. The lowest BCUT2D eigenvalue weighted by atomic mass is 9.95. The highest BCUT2D eigenvalue weighted by Gasteiger charge is 2.54. The maximum Gasteiger partial charge on any atom is 0.0522 e. The first-order valence-electron chi connectivity index (χ1n) is 7.45. The molecule has 0 spiro atoms. The van der Waals surface area contributed by atoms with Crippen LogP contribution in [0.3, 0.4) is 0 Å². The maximum atomic E-state index is 4.43. The molecule has 2 atom stereocenters. The van der Waals surface area contributed by atoms with Crippen LogP contribution in [0.1, 0.15) is 51.6 Å². The maximum absolute atomic E-state index is 4.43. The van der Waals surface area contributed by atoms with E-state index < -0.39 is 0 Å². The standard InChI is InChI=1S/C15H25N3/c1-12(2)11-18-14(6-8-17-18)10-16-15-7-4-3-5-13(15)9-15/h6,8,12-13,16H,3-5,7,9-11H2,1-2H3. The second-order valence-corrected chi connectivity index (χ2v) is 6.56. The molecule has 0 saturated heterocycles. The van der Waals surface area contributed by atoms with E-state index in [0.717, 1.165) is 19.0 Å². The number of fused-ring (bicyclic) bond motifs is 1. The summed E-state index contributed by atoms with van der Waals surface area (Å²) in [6, 6.07) is 2.16. The molecule has 0 radical (unpaired) electrons. The summed E-state index contributed by atoms with van der Waals surface area (Å²) >= 11 is 0. The summed E-state index contributed by atoms with van der Waals surface area (Å²) in [5, 5.41) is 8.26. The molecule has 1 aromatic rings. The third-order valence-electron chi connectivity index (χ3n) is 4.62. The van der Waals surface area contributed by atoms with Crippen molar-refractivity contribution in [3.63, 3.8) is 0 Å². The Hall–Kier alpha value is -0.830. The quantitative estimate of drug-likeness (QED) is 0.867. The second-order valence-electron chi connectivity index (χ2n) is 6.56. The van der Waals surface area contributed by atoms with Gasteiger partial charge >= 0.3 is 0 Å². The Balaban J connectivity index is 1.59. The van der Waals surface area contributed by atoms with Crippen molar-refractivity contribution in [1.29, 1.82) is 0 Å². The van der Waals surface area contributed by atoms with Gasteiger partial charge in [0.2, 0.25) is 0 Å². The fourth-order valence-electron chi connectivity index (χ4n) is 3.49. The third-order valence-corrected chi connectivity index (χ3v) is 4.62. The fourth-order valence-corrected chi connectivity index (χ4v) is 3.49. The minimum absolute atomic E-state index is 0.505. The van der Waals surface area contributed by atoms with Crippen molar-refractivity contribution in [2.45, 2.75) is 64.6 Å². The highest BCUT2D eigenvalue weighted by molar-refractivity contribution is 5.13. The number of nitrogens with zero attached hydrogens (tertiary/aromatic N) is 2. The van der Waals surface area contributed by atoms with Gasteiger partial charge in [0.25, 0.3) is 0 Å². The summed E-state index contributed by atoms with van der Waals surface area (Å²) in [5.74, 6) is 1.62. The molecule has 18 heavy (non-hydrogen) atoms. The Morgan fingerprint density at radius 2 is 2.39 bits per heavy atom. The zero-order valence-corrected chi connectivity index (χ0v) is 11.7. The molecular formula is C15H25N3. The molecule has 3 heteroatoms. The van der Waals surface area contributed by atoms with E-state index in [-0.39, 0.29) is 0 Å². The van der Waals surface area contributed by atoms with Gasteiger partial charge in [-0.15, -0.1) is 0 Å². The predicted molar refractivity (Wildman–Crippen MR) is 73.2 cm³/mol. The second kappa shape index (κ2) is 4.69. The van der Waals surface area contributed by atoms with Crippen LogP contribution in [0.2, 0.25) is 0 Å². The molecule has 3 rings (SSSR count). The van der Waals surface area contributed by atoms with Crippen molar-refractivity contribution in [2.75, 3.05) is 0 Å². The highest BCUT2D eigenvalue weighted by atomic mass is 15.3. The van der Waals surface area contributed by atoms with E-state index in [4.69, 9.17) is 0 Å². The minimum atomic E-state index is 0.505. The summed E-state index contributed by atoms with van der Waals surface area (Å²) in [6.07, 6.45) is 9.02. The predicted octanol–water partition coefficient (Wildman–Crippen LogP) is 2.96. The lowest BCUT2D eigenvalue weighted by Gasteiger charge is -2.23. The van der Waals surface area contributed by atoms with Crippen LogP contribution in [-0.2, 0) is 13.1 Å². The average Bonchev–Trinajstić information content (AvgIpc) is 2.92. The van der Waals surface area contributed by atoms with Gasteiger partial charge in [-0.05, 0) is 37.2 Å². The number of hydrogen-bond acceptors (Lipinski definition) is 2. The fraction of sp³-hybridized carbons (Fsp3) is 0.800. The lowest BCUT2D eigenvalue weighted by Crippen LogP contribution is -2.35. The molecule has 3 nitrogen and oxygen atoms in total. The Labute approximate surface area is 110 Å². The van der Waals surface area contributed by atoms with E-state index in [1.165, 1.54) is 37.8 Å². The van der Waals surface area contributed by atoms with Crippen molar-refractivity contribution >= 4 is 0 Å². The van der Waals surface area contributed by atoms with E-state index in [9.17, 15) is 0 Å². The highest BCUT2D eigenvalue weighted by Crippen LogP contribution is 2.53. The van der Waals surface area contributed by atoms with E-state index in [1.54, 1.807) is 0 Å². The van der Waals surface area contributed by atoms with Crippen molar-refractivity contribution in [2.24, 2.45) is 11.8 Å². The largest absolute Gasteiger partial charge is 0.305 e. The smallest absolute Gasteiger partial charge is 0.0522 e. The van der Waals surface area contributed by atoms with E-state index in [1.807, 2.05) is 6.20 Å². The van der Waals surface area contributed by atoms with Gasteiger partial charge < -0.3 is 5.32 Å². The van der Waals surface area contributed by atoms with Crippen LogP contribution in [-0.4, -0.2) is 15.3 Å². The first-order chi connectivity index (χ1) is 8.70. The normalized spacial score (nSPS) is 30.5. The van der Waals surface area contributed by atoms with Crippen molar-refractivity contribution in [1.82, 2.24) is 15.1 Å². The monoisotopic (exact) mass is 247 g/mol. The van der Waals surface area contributed by atoms with Crippen LogP contribution in [0.15, 0.2) is 12.3 Å². The molecule has 1 aromatic heterocycles. The van der Waals surface area contributed by atoms with Gasteiger partial charge in [0.15, 0.2) is 0 Å².